The lowest BCUT2D eigenvalue weighted by Gasteiger charge is -2.23. The molecule has 6 heteroatoms. The molecule has 0 bridgehead atoms. The lowest BCUT2D eigenvalue weighted by molar-refractivity contribution is 0.0972. The van der Waals surface area contributed by atoms with E-state index in [1.807, 2.05) is 0 Å². The number of guanidine groups is 1. The van der Waals surface area contributed by atoms with Gasteiger partial charge in [-0.3, -0.25) is 9.79 Å². The van der Waals surface area contributed by atoms with Gasteiger partial charge >= 0.3 is 0 Å². The number of nitrogens with two attached hydrogens (primary N) is 1. The quantitative estimate of drug-likeness (QED) is 0.642. The van der Waals surface area contributed by atoms with E-state index in [-0.39, 0.29) is 5.76 Å². The van der Waals surface area contributed by atoms with Crippen LogP contribution in [-0.4, -0.2) is 36.9 Å². The number of nitrogens with zero attached hydrogens (tertiary/aromatic N) is 2. The third-order valence-electron chi connectivity index (χ3n) is 3.51. The molecular weight excluding hydrogens is 256 g/mol. The zero-order chi connectivity index (χ0) is 14.8. The van der Waals surface area contributed by atoms with Gasteiger partial charge in [-0.1, -0.05) is 13.8 Å². The molecule has 1 saturated heterocycles. The van der Waals surface area contributed by atoms with Crippen molar-refractivity contribution >= 4 is 11.9 Å². The van der Waals surface area contributed by atoms with Crippen molar-refractivity contribution < 1.29 is 9.21 Å². The van der Waals surface area contributed by atoms with Gasteiger partial charge in [-0.25, -0.2) is 0 Å². The van der Waals surface area contributed by atoms with Crippen molar-refractivity contribution in [3.63, 3.8) is 0 Å². The predicted octanol–water partition coefficient (Wildman–Crippen LogP) is 1.19. The van der Waals surface area contributed by atoms with E-state index in [1.165, 1.54) is 0 Å². The van der Waals surface area contributed by atoms with Crippen LogP contribution in [-0.2, 0) is 6.54 Å². The molecule has 0 unspecified atom stereocenters. The molecule has 6 nitrogen and oxygen atoms in total. The summed E-state index contributed by atoms with van der Waals surface area (Å²) in [5.74, 6) is 1.15. The molecule has 1 aromatic heterocycles. The Hall–Kier alpha value is -1.98. The molecule has 110 valence electrons. The summed E-state index contributed by atoms with van der Waals surface area (Å²) in [6.45, 7) is 6.98. The molecule has 2 rings (SSSR count). The van der Waals surface area contributed by atoms with Crippen molar-refractivity contribution in [1.82, 2.24) is 10.2 Å². The number of nitrogens with one attached hydrogen (secondary N) is 1. The zero-order valence-electron chi connectivity index (χ0n) is 12.3. The highest BCUT2D eigenvalue weighted by Crippen LogP contribution is 2.28. The number of hydrogen-bond donors (Lipinski definition) is 2. The average Bonchev–Trinajstić information content (AvgIpc) is 2.97. The summed E-state index contributed by atoms with van der Waals surface area (Å²) in [4.78, 5) is 17.5. The number of aliphatic imine (C=N–C) groups is 1. The van der Waals surface area contributed by atoms with E-state index < -0.39 is 5.91 Å². The molecule has 1 aliphatic heterocycles. The van der Waals surface area contributed by atoms with Crippen molar-refractivity contribution in [2.45, 2.75) is 26.8 Å². The van der Waals surface area contributed by atoms with Crippen LogP contribution < -0.4 is 11.1 Å². The first kappa shape index (κ1) is 14.4. The van der Waals surface area contributed by atoms with Gasteiger partial charge in [-0.15, -0.1) is 0 Å². The van der Waals surface area contributed by atoms with Crippen LogP contribution in [0.1, 0.15) is 36.6 Å². The lowest BCUT2D eigenvalue weighted by Crippen LogP contribution is -2.40. The number of carbonyl (C=O) groups is 1. The number of furan rings is 1. The number of likely N-dealkylation sites (tertiary alicyclic amines) is 1. The van der Waals surface area contributed by atoms with Gasteiger partial charge in [0.2, 0.25) is 0 Å². The second-order valence-electron chi connectivity index (χ2n) is 5.87. The van der Waals surface area contributed by atoms with Crippen LogP contribution in [0.3, 0.4) is 0 Å². The Morgan fingerprint density at radius 1 is 1.55 bits per heavy atom. The van der Waals surface area contributed by atoms with Crippen LogP contribution in [0, 0.1) is 5.41 Å². The molecule has 1 aromatic rings. The average molecular weight is 278 g/mol. The molecule has 0 saturated carbocycles. The molecule has 0 aliphatic carbocycles. The van der Waals surface area contributed by atoms with Gasteiger partial charge in [0.05, 0.1) is 6.54 Å². The van der Waals surface area contributed by atoms with Crippen molar-refractivity contribution in [3.8, 4) is 0 Å². The highest BCUT2D eigenvalue weighted by atomic mass is 16.3. The van der Waals surface area contributed by atoms with Crippen LogP contribution in [0.25, 0.3) is 0 Å². The molecular formula is C14H22N4O2. The highest BCUT2D eigenvalue weighted by molar-refractivity contribution is 5.89. The summed E-state index contributed by atoms with van der Waals surface area (Å²) in [5, 5.41) is 3.25. The van der Waals surface area contributed by atoms with E-state index in [4.69, 9.17) is 10.2 Å². The molecule has 3 N–H and O–H groups in total. The van der Waals surface area contributed by atoms with E-state index in [0.29, 0.717) is 17.7 Å². The fourth-order valence-electron chi connectivity index (χ4n) is 2.40. The Kier molecular flexibility index (Phi) is 4.01. The Balaban J connectivity index is 1.93. The molecule has 1 amide bonds. The minimum atomic E-state index is -0.554. The number of hydrogen-bond acceptors (Lipinski definition) is 3. The summed E-state index contributed by atoms with van der Waals surface area (Å²) in [6.07, 6.45) is 1.15. The largest absolute Gasteiger partial charge is 0.454 e. The van der Waals surface area contributed by atoms with Crippen LogP contribution in [0.5, 0.6) is 0 Å². The lowest BCUT2D eigenvalue weighted by atomic mass is 9.93. The number of rotatable bonds is 3. The maximum absolute atomic E-state index is 11.0. The normalized spacial score (nSPS) is 18.4. The molecule has 0 aromatic carbocycles. The summed E-state index contributed by atoms with van der Waals surface area (Å²) in [6, 6.07) is 3.33. The van der Waals surface area contributed by atoms with E-state index in [9.17, 15) is 4.79 Å². The maximum atomic E-state index is 11.0. The maximum Gasteiger partial charge on any atom is 0.284 e. The van der Waals surface area contributed by atoms with Crippen LogP contribution in [0.2, 0.25) is 0 Å². The summed E-state index contributed by atoms with van der Waals surface area (Å²) in [7, 11) is 1.77. The molecule has 2 heterocycles. The Labute approximate surface area is 119 Å². The SMILES string of the molecule is CN=C(NCc1ccc(C(N)=O)o1)N1CCC(C)(C)C1. The standard InChI is InChI=1S/C14H22N4O2/c1-14(2)6-7-18(9-14)13(16-3)17-8-10-4-5-11(20-10)12(15)19/h4-5H,6-9H2,1-3H3,(H2,15,19)(H,16,17). The first-order valence-electron chi connectivity index (χ1n) is 6.75. The van der Waals surface area contributed by atoms with E-state index in [0.717, 1.165) is 25.5 Å². The third kappa shape index (κ3) is 3.31. The molecule has 0 atom stereocenters. The van der Waals surface area contributed by atoms with Gasteiger partial charge in [0, 0.05) is 20.1 Å². The minimum Gasteiger partial charge on any atom is -0.454 e. The monoisotopic (exact) mass is 278 g/mol. The number of primary amides is 1. The van der Waals surface area contributed by atoms with Gasteiger partial charge in [-0.2, -0.15) is 0 Å². The Morgan fingerprint density at radius 3 is 2.80 bits per heavy atom. The van der Waals surface area contributed by atoms with Gasteiger partial charge in [0.1, 0.15) is 5.76 Å². The summed E-state index contributed by atoms with van der Waals surface area (Å²) in [5.41, 5.74) is 5.47. The van der Waals surface area contributed by atoms with Gasteiger partial charge in [0.25, 0.3) is 5.91 Å². The van der Waals surface area contributed by atoms with Gasteiger partial charge in [0.15, 0.2) is 11.7 Å². The molecule has 0 radical (unpaired) electrons. The molecule has 20 heavy (non-hydrogen) atoms. The third-order valence-corrected chi connectivity index (χ3v) is 3.51. The molecule has 1 aliphatic rings. The zero-order valence-corrected chi connectivity index (χ0v) is 12.3. The fourth-order valence-corrected chi connectivity index (χ4v) is 2.40. The fraction of sp³-hybridized carbons (Fsp3) is 0.571. The molecule has 0 spiro atoms. The predicted molar refractivity (Wildman–Crippen MR) is 77.4 cm³/mol. The Morgan fingerprint density at radius 2 is 2.30 bits per heavy atom. The molecule has 1 fully saturated rings. The van der Waals surface area contributed by atoms with Crippen molar-refractivity contribution in [2.75, 3.05) is 20.1 Å². The van der Waals surface area contributed by atoms with Crippen molar-refractivity contribution in [3.05, 3.63) is 23.7 Å². The van der Waals surface area contributed by atoms with Gasteiger partial charge in [-0.05, 0) is 24.0 Å². The highest BCUT2D eigenvalue weighted by Gasteiger charge is 2.30. The van der Waals surface area contributed by atoms with E-state index in [1.54, 1.807) is 19.2 Å². The van der Waals surface area contributed by atoms with Gasteiger partial charge < -0.3 is 20.4 Å². The smallest absolute Gasteiger partial charge is 0.284 e. The number of amides is 1. The van der Waals surface area contributed by atoms with Crippen molar-refractivity contribution in [1.29, 1.82) is 0 Å². The number of carbonyl (C=O) groups excluding carboxylic acids is 1. The Bertz CT molecular complexity index is 519. The van der Waals surface area contributed by atoms with Crippen LogP contribution in [0.15, 0.2) is 21.5 Å². The first-order valence-corrected chi connectivity index (χ1v) is 6.75. The first-order chi connectivity index (χ1) is 9.41. The second-order valence-corrected chi connectivity index (χ2v) is 5.87. The summed E-state index contributed by atoms with van der Waals surface area (Å²) >= 11 is 0. The second kappa shape index (κ2) is 5.56. The van der Waals surface area contributed by atoms with E-state index >= 15 is 0 Å². The van der Waals surface area contributed by atoms with Crippen molar-refractivity contribution in [2.24, 2.45) is 16.1 Å². The topological polar surface area (TPSA) is 83.9 Å². The summed E-state index contributed by atoms with van der Waals surface area (Å²) < 4.78 is 5.33. The minimum absolute atomic E-state index is 0.180. The van der Waals surface area contributed by atoms with Crippen LogP contribution in [0.4, 0.5) is 0 Å². The van der Waals surface area contributed by atoms with E-state index in [2.05, 4.69) is 29.1 Å². The van der Waals surface area contributed by atoms with Crippen LogP contribution >= 0.6 is 0 Å².